The van der Waals surface area contributed by atoms with E-state index >= 15 is 0 Å². The van der Waals surface area contributed by atoms with Crippen molar-refractivity contribution in [1.29, 1.82) is 5.26 Å². The van der Waals surface area contributed by atoms with Crippen LogP contribution in [0.1, 0.15) is 11.1 Å². The number of furan rings is 1. The maximum absolute atomic E-state index is 9.96. The molecule has 0 aliphatic carbocycles. The molecule has 4 nitrogen and oxygen atoms in total. The van der Waals surface area contributed by atoms with E-state index in [1.54, 1.807) is 6.20 Å². The number of aryl methyl sites for hydroxylation is 2. The maximum Gasteiger partial charge on any atom is 0.234 e. The van der Waals surface area contributed by atoms with Crippen LogP contribution in [0.25, 0.3) is 55.4 Å². The van der Waals surface area contributed by atoms with Crippen LogP contribution in [0.15, 0.2) is 102 Å². The molecular formula is C31H22N3O+. The van der Waals surface area contributed by atoms with Crippen LogP contribution in [0.2, 0.25) is 0 Å². The molecule has 6 aromatic rings. The van der Waals surface area contributed by atoms with E-state index in [9.17, 15) is 5.26 Å². The third-order valence-electron chi connectivity index (χ3n) is 6.63. The summed E-state index contributed by atoms with van der Waals surface area (Å²) in [5, 5.41) is 12.0. The second-order valence-corrected chi connectivity index (χ2v) is 8.73. The number of hydrogen-bond acceptors (Lipinski definition) is 3. The van der Waals surface area contributed by atoms with E-state index in [1.165, 1.54) is 0 Å². The monoisotopic (exact) mass is 452 g/mol. The molecule has 0 N–H and O–H groups in total. The number of hydrogen-bond donors (Lipinski definition) is 0. The van der Waals surface area contributed by atoms with Gasteiger partial charge >= 0.3 is 0 Å². The van der Waals surface area contributed by atoms with E-state index in [2.05, 4.69) is 66.5 Å². The van der Waals surface area contributed by atoms with Gasteiger partial charge in [-0.15, -0.1) is 0 Å². The minimum absolute atomic E-state index is 0.592. The molecular weight excluding hydrogens is 430 g/mol. The molecule has 0 fully saturated rings. The lowest BCUT2D eigenvalue weighted by atomic mass is 9.95. The summed E-state index contributed by atoms with van der Waals surface area (Å²) >= 11 is 0. The predicted molar refractivity (Wildman–Crippen MR) is 138 cm³/mol. The minimum Gasteiger partial charge on any atom is -0.454 e. The van der Waals surface area contributed by atoms with E-state index in [-0.39, 0.29) is 0 Å². The van der Waals surface area contributed by atoms with E-state index in [0.717, 1.165) is 61.0 Å². The number of benzene rings is 4. The van der Waals surface area contributed by atoms with Crippen LogP contribution in [0.3, 0.4) is 0 Å². The van der Waals surface area contributed by atoms with Gasteiger partial charge in [-0.25, -0.2) is 0 Å². The van der Waals surface area contributed by atoms with Gasteiger partial charge in [0.25, 0.3) is 0 Å². The molecule has 6 rings (SSSR count). The van der Waals surface area contributed by atoms with Crippen molar-refractivity contribution in [1.82, 2.24) is 4.98 Å². The van der Waals surface area contributed by atoms with Crippen molar-refractivity contribution in [2.75, 3.05) is 0 Å². The normalized spacial score (nSPS) is 11.1. The summed E-state index contributed by atoms with van der Waals surface area (Å²) in [6.07, 6.45) is 5.57. The fourth-order valence-electron chi connectivity index (χ4n) is 4.82. The second kappa shape index (κ2) is 8.23. The van der Waals surface area contributed by atoms with Gasteiger partial charge in [-0.05, 0) is 41.3 Å². The molecule has 4 heteroatoms. The Morgan fingerprint density at radius 2 is 1.43 bits per heavy atom. The van der Waals surface area contributed by atoms with E-state index in [1.807, 2.05) is 54.3 Å². The maximum atomic E-state index is 9.96. The third-order valence-corrected chi connectivity index (χ3v) is 6.63. The molecule has 0 radical (unpaired) electrons. The van der Waals surface area contributed by atoms with Gasteiger partial charge in [0.2, 0.25) is 5.69 Å². The smallest absolute Gasteiger partial charge is 0.234 e. The van der Waals surface area contributed by atoms with Gasteiger partial charge in [-0.2, -0.15) is 9.83 Å². The summed E-state index contributed by atoms with van der Waals surface area (Å²) in [4.78, 5) is 4.34. The highest BCUT2D eigenvalue weighted by atomic mass is 16.3. The van der Waals surface area contributed by atoms with Gasteiger partial charge in [-0.1, -0.05) is 66.7 Å². The first-order valence-corrected chi connectivity index (χ1v) is 11.5. The molecule has 0 atom stereocenters. The lowest BCUT2D eigenvalue weighted by Gasteiger charge is -2.07. The summed E-state index contributed by atoms with van der Waals surface area (Å²) in [7, 11) is 2.01. The molecule has 0 aliphatic rings. The van der Waals surface area contributed by atoms with Gasteiger partial charge in [0, 0.05) is 16.3 Å². The van der Waals surface area contributed by atoms with E-state index in [4.69, 9.17) is 4.42 Å². The molecule has 2 aromatic heterocycles. The zero-order chi connectivity index (χ0) is 23.9. The van der Waals surface area contributed by atoms with Crippen LogP contribution in [-0.4, -0.2) is 4.98 Å². The van der Waals surface area contributed by atoms with Gasteiger partial charge in [0.05, 0.1) is 29.6 Å². The molecule has 0 saturated heterocycles. The van der Waals surface area contributed by atoms with Crippen LogP contribution in [0.4, 0.5) is 0 Å². The zero-order valence-corrected chi connectivity index (χ0v) is 19.5. The first kappa shape index (κ1) is 20.8. The third kappa shape index (κ3) is 3.37. The summed E-state index contributed by atoms with van der Waals surface area (Å²) in [5.74, 6) is 0. The zero-order valence-electron chi connectivity index (χ0n) is 19.5. The molecule has 4 aromatic carbocycles. The lowest BCUT2D eigenvalue weighted by Crippen LogP contribution is -2.30. The molecule has 2 heterocycles. The molecule has 166 valence electrons. The van der Waals surface area contributed by atoms with Crippen molar-refractivity contribution in [3.63, 3.8) is 0 Å². The Balaban J connectivity index is 1.61. The fraction of sp³-hybridized carbons (Fsp3) is 0.0645. The summed E-state index contributed by atoms with van der Waals surface area (Å²) < 4.78 is 8.67. The minimum atomic E-state index is 0.592. The number of rotatable bonds is 3. The highest BCUT2D eigenvalue weighted by Gasteiger charge is 2.23. The van der Waals surface area contributed by atoms with Gasteiger partial charge in [0.15, 0.2) is 6.20 Å². The average molecular weight is 453 g/mol. The highest BCUT2D eigenvalue weighted by molar-refractivity contribution is 6.14. The van der Waals surface area contributed by atoms with Gasteiger partial charge in [0.1, 0.15) is 18.2 Å². The molecule has 0 amide bonds. The first-order chi connectivity index (χ1) is 17.2. The summed E-state index contributed by atoms with van der Waals surface area (Å²) in [6, 6.07) is 29.1. The number of fused-ring (bicyclic) bond motifs is 3. The molecule has 0 bridgehead atoms. The Bertz CT molecular complexity index is 1760. The van der Waals surface area contributed by atoms with Gasteiger partial charge < -0.3 is 4.42 Å². The van der Waals surface area contributed by atoms with Crippen LogP contribution < -0.4 is 4.57 Å². The summed E-state index contributed by atoms with van der Waals surface area (Å²) in [6.45, 7) is 2.08. The Morgan fingerprint density at radius 1 is 0.771 bits per heavy atom. The average Bonchev–Trinajstić information content (AvgIpc) is 3.28. The number of nitriles is 1. The van der Waals surface area contributed by atoms with Crippen LogP contribution in [-0.2, 0) is 7.05 Å². The van der Waals surface area contributed by atoms with E-state index in [0.29, 0.717) is 5.56 Å². The lowest BCUT2D eigenvalue weighted by molar-refractivity contribution is -0.660. The fourth-order valence-corrected chi connectivity index (χ4v) is 4.82. The van der Waals surface area contributed by atoms with Crippen LogP contribution >= 0.6 is 0 Å². The topological polar surface area (TPSA) is 53.7 Å². The van der Waals surface area contributed by atoms with E-state index < -0.39 is 0 Å². The predicted octanol–water partition coefficient (Wildman–Crippen LogP) is 6.99. The molecule has 0 unspecified atom stereocenters. The van der Waals surface area contributed by atoms with Crippen LogP contribution in [0.5, 0.6) is 0 Å². The van der Waals surface area contributed by atoms with Crippen molar-refractivity contribution in [2.45, 2.75) is 6.92 Å². The quantitative estimate of drug-likeness (QED) is 0.272. The number of nitrogens with zero attached hydrogens (tertiary/aromatic N) is 3. The molecule has 35 heavy (non-hydrogen) atoms. The second-order valence-electron chi connectivity index (χ2n) is 8.73. The van der Waals surface area contributed by atoms with Crippen molar-refractivity contribution in [2.24, 2.45) is 7.05 Å². The Hall–Kier alpha value is -4.75. The molecule has 0 aliphatic heterocycles. The molecule has 0 saturated carbocycles. The van der Waals surface area contributed by atoms with Crippen molar-refractivity contribution in [3.05, 3.63) is 109 Å². The van der Waals surface area contributed by atoms with Crippen molar-refractivity contribution in [3.8, 4) is 39.6 Å². The van der Waals surface area contributed by atoms with Crippen molar-refractivity contribution < 1.29 is 8.98 Å². The SMILES string of the molecule is Cc1ccc2c(oc3c(-c4ccc(-c5ccccc5)cc4)c(C#N)ccc32)c1-c1cncc[n+]1C. The largest absolute Gasteiger partial charge is 0.454 e. The standard InChI is InChI=1S/C31H22N3O/c1-20-8-14-25-26-15-13-24(18-32)29(23-11-9-22(10-12-23)21-6-4-3-5-7-21)31(26)35-30(25)28(20)27-19-33-16-17-34(27)2/h3-17,19H,1-2H3/q+1. The van der Waals surface area contributed by atoms with Gasteiger partial charge in [-0.3, -0.25) is 4.98 Å². The summed E-state index contributed by atoms with van der Waals surface area (Å²) in [5.41, 5.74) is 9.28. The Labute approximate surface area is 203 Å². The number of aromatic nitrogens is 2. The first-order valence-electron chi connectivity index (χ1n) is 11.5. The Kier molecular flexibility index (Phi) is 4.90. The molecule has 0 spiro atoms. The van der Waals surface area contributed by atoms with Crippen molar-refractivity contribution >= 4 is 21.9 Å². The highest BCUT2D eigenvalue weighted by Crippen LogP contribution is 2.42. The van der Waals surface area contributed by atoms with Crippen LogP contribution in [0, 0.1) is 18.3 Å². The Morgan fingerprint density at radius 3 is 2.14 bits per heavy atom.